The Hall–Kier alpha value is -0.600. The van der Waals surface area contributed by atoms with Crippen molar-refractivity contribution in [2.75, 3.05) is 0 Å². The molecule has 0 radical (unpaired) electrons. The predicted octanol–water partition coefficient (Wildman–Crippen LogP) is 4.45. The molecule has 0 atom stereocenters. The van der Waals surface area contributed by atoms with E-state index in [9.17, 15) is 9.18 Å². The second-order valence-corrected chi connectivity index (χ2v) is 5.26. The van der Waals surface area contributed by atoms with Crippen molar-refractivity contribution in [2.45, 2.75) is 37.5 Å². The van der Waals surface area contributed by atoms with Gasteiger partial charge in [0.1, 0.15) is 5.82 Å². The maximum atomic E-state index is 13.9. The molecule has 1 nitrogen and oxygen atoms in total. The molecule has 0 N–H and O–H groups in total. The van der Waals surface area contributed by atoms with Crippen LogP contribution in [0.1, 0.15) is 37.7 Å². The average Bonchev–Trinajstić information content (AvgIpc) is 2.29. The van der Waals surface area contributed by atoms with Crippen LogP contribution in [0.15, 0.2) is 18.2 Å². The molecule has 1 aromatic carbocycles. The molecule has 17 heavy (non-hydrogen) atoms. The van der Waals surface area contributed by atoms with Gasteiger partial charge in [-0.25, -0.2) is 4.39 Å². The zero-order chi connectivity index (χ0) is 12.5. The summed E-state index contributed by atoms with van der Waals surface area (Å²) in [7, 11) is 0. The van der Waals surface area contributed by atoms with E-state index in [1.54, 1.807) is 6.07 Å². The Labute approximate surface area is 110 Å². The Morgan fingerprint density at radius 3 is 2.41 bits per heavy atom. The summed E-state index contributed by atoms with van der Waals surface area (Å²) in [6.45, 7) is 0. The lowest BCUT2D eigenvalue weighted by atomic mass is 9.70. The fourth-order valence-electron chi connectivity index (χ4n) is 2.66. The van der Waals surface area contributed by atoms with Crippen LogP contribution in [0.3, 0.4) is 0 Å². The Morgan fingerprint density at radius 2 is 1.88 bits per heavy atom. The standard InChI is InChI=1S/C13H13Cl2FO/c14-9-5-4-6-10(16)11(9)13(12(15)17)7-2-1-3-8-13/h4-6H,1-3,7-8H2. The summed E-state index contributed by atoms with van der Waals surface area (Å²) in [5.74, 6) is -0.437. The largest absolute Gasteiger partial charge is 0.280 e. The fourth-order valence-corrected chi connectivity index (χ4v) is 3.28. The second-order valence-electron chi connectivity index (χ2n) is 4.51. The van der Waals surface area contributed by atoms with Gasteiger partial charge in [0.15, 0.2) is 0 Å². The lowest BCUT2D eigenvalue weighted by Crippen LogP contribution is -2.36. The molecule has 1 aliphatic carbocycles. The van der Waals surface area contributed by atoms with Gasteiger partial charge in [0.25, 0.3) is 0 Å². The fraction of sp³-hybridized carbons (Fsp3) is 0.462. The normalized spacial score (nSPS) is 19.0. The van der Waals surface area contributed by atoms with Crippen molar-refractivity contribution in [3.05, 3.63) is 34.6 Å². The predicted molar refractivity (Wildman–Crippen MR) is 67.0 cm³/mol. The van der Waals surface area contributed by atoms with Crippen LogP contribution in [-0.4, -0.2) is 5.24 Å². The molecule has 1 aliphatic rings. The topological polar surface area (TPSA) is 17.1 Å². The highest BCUT2D eigenvalue weighted by Crippen LogP contribution is 2.44. The minimum atomic E-state index is -0.928. The lowest BCUT2D eigenvalue weighted by molar-refractivity contribution is -0.118. The summed E-state index contributed by atoms with van der Waals surface area (Å²) in [6, 6.07) is 4.48. The third-order valence-electron chi connectivity index (χ3n) is 3.52. The molecule has 0 unspecified atom stereocenters. The Balaban J connectivity index is 2.56. The summed E-state index contributed by atoms with van der Waals surface area (Å²) in [5, 5.41) is -0.204. The average molecular weight is 275 g/mol. The van der Waals surface area contributed by atoms with Crippen LogP contribution in [0.5, 0.6) is 0 Å². The van der Waals surface area contributed by atoms with E-state index >= 15 is 0 Å². The highest BCUT2D eigenvalue weighted by molar-refractivity contribution is 6.65. The molecule has 0 saturated heterocycles. The SMILES string of the molecule is O=C(Cl)C1(c2c(F)cccc2Cl)CCCCC1. The first-order valence-corrected chi connectivity index (χ1v) is 6.48. The van der Waals surface area contributed by atoms with Crippen molar-refractivity contribution in [1.82, 2.24) is 0 Å². The number of carbonyl (C=O) groups is 1. The van der Waals surface area contributed by atoms with E-state index in [1.807, 2.05) is 0 Å². The van der Waals surface area contributed by atoms with Gasteiger partial charge in [-0.15, -0.1) is 0 Å². The maximum Gasteiger partial charge on any atom is 0.232 e. The maximum absolute atomic E-state index is 13.9. The molecule has 0 aromatic heterocycles. The van der Waals surface area contributed by atoms with Gasteiger partial charge >= 0.3 is 0 Å². The lowest BCUT2D eigenvalue weighted by Gasteiger charge is -2.35. The van der Waals surface area contributed by atoms with Crippen LogP contribution in [0, 0.1) is 5.82 Å². The van der Waals surface area contributed by atoms with Gasteiger partial charge in [0.2, 0.25) is 5.24 Å². The summed E-state index contributed by atoms with van der Waals surface area (Å²) < 4.78 is 13.9. The Bertz CT molecular complexity index is 419. The molecular weight excluding hydrogens is 262 g/mol. The molecule has 1 aromatic rings. The molecule has 92 valence electrons. The van der Waals surface area contributed by atoms with Crippen molar-refractivity contribution in [3.8, 4) is 0 Å². The number of hydrogen-bond donors (Lipinski definition) is 0. The van der Waals surface area contributed by atoms with Crippen LogP contribution in [0.25, 0.3) is 0 Å². The summed E-state index contributed by atoms with van der Waals surface area (Å²) in [4.78, 5) is 11.8. The number of benzene rings is 1. The summed E-state index contributed by atoms with van der Waals surface area (Å²) >= 11 is 11.8. The molecule has 1 fully saturated rings. The third-order valence-corrected chi connectivity index (χ3v) is 4.20. The third kappa shape index (κ3) is 2.21. The van der Waals surface area contributed by atoms with Crippen molar-refractivity contribution in [3.63, 3.8) is 0 Å². The van der Waals surface area contributed by atoms with E-state index in [1.165, 1.54) is 12.1 Å². The molecule has 0 spiro atoms. The summed E-state index contributed by atoms with van der Waals surface area (Å²) in [5.41, 5.74) is -0.649. The number of hydrogen-bond acceptors (Lipinski definition) is 1. The Kier molecular flexibility index (Phi) is 3.74. The van der Waals surface area contributed by atoms with Gasteiger partial charge in [-0.3, -0.25) is 4.79 Å². The minimum Gasteiger partial charge on any atom is -0.280 e. The smallest absolute Gasteiger partial charge is 0.232 e. The van der Waals surface area contributed by atoms with Crippen molar-refractivity contribution in [2.24, 2.45) is 0 Å². The van der Waals surface area contributed by atoms with E-state index in [-0.39, 0.29) is 5.56 Å². The second kappa shape index (κ2) is 4.95. The van der Waals surface area contributed by atoms with E-state index in [0.717, 1.165) is 19.3 Å². The van der Waals surface area contributed by atoms with Crippen molar-refractivity contribution < 1.29 is 9.18 Å². The molecule has 2 rings (SSSR count). The first-order valence-electron chi connectivity index (χ1n) is 5.72. The van der Waals surface area contributed by atoms with Gasteiger partial charge < -0.3 is 0 Å². The Morgan fingerprint density at radius 1 is 1.24 bits per heavy atom. The van der Waals surface area contributed by atoms with Crippen LogP contribution in [0.4, 0.5) is 4.39 Å². The van der Waals surface area contributed by atoms with E-state index in [0.29, 0.717) is 17.9 Å². The monoisotopic (exact) mass is 274 g/mol. The molecule has 0 bridgehead atoms. The van der Waals surface area contributed by atoms with Gasteiger partial charge in [0, 0.05) is 10.6 Å². The zero-order valence-electron chi connectivity index (χ0n) is 9.31. The van der Waals surface area contributed by atoms with Crippen LogP contribution in [-0.2, 0) is 10.2 Å². The van der Waals surface area contributed by atoms with Gasteiger partial charge in [-0.05, 0) is 36.6 Å². The number of carbonyl (C=O) groups excluding carboxylic acids is 1. The minimum absolute atomic E-state index is 0.279. The van der Waals surface area contributed by atoms with Gasteiger partial charge in [0.05, 0.1) is 5.41 Å². The van der Waals surface area contributed by atoms with E-state index in [2.05, 4.69) is 0 Å². The van der Waals surface area contributed by atoms with Crippen molar-refractivity contribution >= 4 is 28.4 Å². The van der Waals surface area contributed by atoms with E-state index < -0.39 is 16.5 Å². The van der Waals surface area contributed by atoms with Gasteiger partial charge in [-0.2, -0.15) is 0 Å². The molecule has 0 amide bonds. The first kappa shape index (κ1) is 12.8. The van der Waals surface area contributed by atoms with Crippen LogP contribution < -0.4 is 0 Å². The quantitative estimate of drug-likeness (QED) is 0.729. The highest BCUT2D eigenvalue weighted by atomic mass is 35.5. The van der Waals surface area contributed by atoms with Crippen LogP contribution >= 0.6 is 23.2 Å². The molecule has 0 heterocycles. The summed E-state index contributed by atoms with van der Waals surface area (Å²) in [6.07, 6.45) is 3.97. The number of halogens is 3. The molecule has 4 heteroatoms. The van der Waals surface area contributed by atoms with E-state index in [4.69, 9.17) is 23.2 Å². The van der Waals surface area contributed by atoms with Crippen LogP contribution in [0.2, 0.25) is 5.02 Å². The van der Waals surface area contributed by atoms with Gasteiger partial charge in [-0.1, -0.05) is 36.9 Å². The molecule has 1 saturated carbocycles. The van der Waals surface area contributed by atoms with Crippen molar-refractivity contribution in [1.29, 1.82) is 0 Å². The highest BCUT2D eigenvalue weighted by Gasteiger charge is 2.43. The zero-order valence-corrected chi connectivity index (χ0v) is 10.8. The number of rotatable bonds is 2. The molecule has 0 aliphatic heterocycles. The first-order chi connectivity index (χ1) is 8.08. The molecular formula is C13H13Cl2FO.